The molecule has 0 atom stereocenters. The molecule has 0 aliphatic heterocycles. The lowest BCUT2D eigenvalue weighted by Gasteiger charge is -2.06. The van der Waals surface area contributed by atoms with Crippen LogP contribution in [0, 0.1) is 6.92 Å². The van der Waals surface area contributed by atoms with E-state index in [-0.39, 0.29) is 17.2 Å². The molecule has 124 valence electrons. The number of carbonyl (C=O) groups is 1. The molecule has 2 aromatic rings. The zero-order valence-electron chi connectivity index (χ0n) is 12.9. The summed E-state index contributed by atoms with van der Waals surface area (Å²) in [5.74, 6) is 1.41. The van der Waals surface area contributed by atoms with Crippen LogP contribution >= 0.6 is 0 Å². The van der Waals surface area contributed by atoms with Crippen molar-refractivity contribution in [1.82, 2.24) is 5.16 Å². The molecular weight excluding hydrogens is 320 g/mol. The number of nitrogens with one attached hydrogen (secondary N) is 1. The lowest BCUT2D eigenvalue weighted by atomic mass is 10.3. The van der Waals surface area contributed by atoms with Crippen LogP contribution in [0.4, 0.5) is 5.82 Å². The van der Waals surface area contributed by atoms with Crippen LogP contribution in [-0.2, 0) is 14.6 Å². The number of benzene rings is 1. The summed E-state index contributed by atoms with van der Waals surface area (Å²) in [5.41, 5.74) is 0. The van der Waals surface area contributed by atoms with Gasteiger partial charge in [0.15, 0.2) is 15.7 Å². The summed E-state index contributed by atoms with van der Waals surface area (Å²) in [7, 11) is -3.21. The minimum absolute atomic E-state index is 0.172. The van der Waals surface area contributed by atoms with Crippen LogP contribution in [0.15, 0.2) is 39.8 Å². The topological polar surface area (TPSA) is 98.5 Å². The molecule has 2 rings (SSSR count). The number of amides is 1. The van der Waals surface area contributed by atoms with E-state index in [1.807, 2.05) is 0 Å². The molecule has 1 aromatic heterocycles. The predicted octanol–water partition coefficient (Wildman–Crippen LogP) is 2.18. The third-order valence-corrected chi connectivity index (χ3v) is 4.09. The van der Waals surface area contributed by atoms with Crippen LogP contribution in [0.1, 0.15) is 18.6 Å². The van der Waals surface area contributed by atoms with Crippen molar-refractivity contribution >= 4 is 21.6 Å². The number of hydrogen-bond donors (Lipinski definition) is 1. The van der Waals surface area contributed by atoms with E-state index in [0.717, 1.165) is 6.26 Å². The van der Waals surface area contributed by atoms with Gasteiger partial charge in [0.2, 0.25) is 5.91 Å². The molecule has 0 radical (unpaired) electrons. The van der Waals surface area contributed by atoms with Crippen molar-refractivity contribution in [3.05, 3.63) is 36.1 Å². The fourth-order valence-corrected chi connectivity index (χ4v) is 2.47. The van der Waals surface area contributed by atoms with Gasteiger partial charge in [0.05, 0.1) is 11.5 Å². The zero-order chi connectivity index (χ0) is 16.9. The molecule has 1 heterocycles. The van der Waals surface area contributed by atoms with Crippen molar-refractivity contribution in [2.24, 2.45) is 0 Å². The first-order valence-corrected chi connectivity index (χ1v) is 8.90. The molecule has 1 amide bonds. The normalized spacial score (nSPS) is 11.2. The Kier molecular flexibility index (Phi) is 5.38. The van der Waals surface area contributed by atoms with Crippen molar-refractivity contribution in [1.29, 1.82) is 0 Å². The summed E-state index contributed by atoms with van der Waals surface area (Å²) < 4.78 is 33.0. The Morgan fingerprint density at radius 2 is 2.00 bits per heavy atom. The third-order valence-electron chi connectivity index (χ3n) is 2.96. The number of hydrogen-bond acceptors (Lipinski definition) is 6. The molecule has 8 heteroatoms. The second-order valence-electron chi connectivity index (χ2n) is 5.07. The van der Waals surface area contributed by atoms with E-state index in [4.69, 9.17) is 9.26 Å². The standard InChI is InChI=1S/C15H18N2O5S/c1-11-10-14(17-22-11)16-15(18)4-3-9-21-12-5-7-13(8-6-12)23(2,19)20/h5-8,10H,3-4,9H2,1-2H3,(H,16,17,18). The quantitative estimate of drug-likeness (QED) is 0.777. The molecule has 0 bridgehead atoms. The molecule has 0 aliphatic carbocycles. The van der Waals surface area contributed by atoms with Crippen LogP contribution in [-0.4, -0.2) is 32.3 Å². The fourth-order valence-electron chi connectivity index (χ4n) is 1.84. The van der Waals surface area contributed by atoms with E-state index in [9.17, 15) is 13.2 Å². The number of sulfone groups is 1. The first kappa shape index (κ1) is 17.0. The Bertz CT molecular complexity index is 765. The van der Waals surface area contributed by atoms with E-state index in [0.29, 0.717) is 30.4 Å². The van der Waals surface area contributed by atoms with Gasteiger partial charge in [-0.3, -0.25) is 4.79 Å². The molecule has 0 fully saturated rings. The van der Waals surface area contributed by atoms with Gasteiger partial charge < -0.3 is 14.6 Å². The Labute approximate surface area is 134 Å². The van der Waals surface area contributed by atoms with Crippen LogP contribution < -0.4 is 10.1 Å². The average Bonchev–Trinajstić information content (AvgIpc) is 2.88. The van der Waals surface area contributed by atoms with Crippen molar-refractivity contribution < 1.29 is 22.5 Å². The van der Waals surface area contributed by atoms with Crippen LogP contribution in [0.3, 0.4) is 0 Å². The number of aromatic nitrogens is 1. The van der Waals surface area contributed by atoms with Crippen molar-refractivity contribution in [2.45, 2.75) is 24.7 Å². The van der Waals surface area contributed by atoms with E-state index >= 15 is 0 Å². The third kappa shape index (κ3) is 5.41. The Balaban J connectivity index is 1.72. The van der Waals surface area contributed by atoms with Gasteiger partial charge in [0.25, 0.3) is 0 Å². The SMILES string of the molecule is Cc1cc(NC(=O)CCCOc2ccc(S(C)(=O)=O)cc2)no1. The molecule has 0 spiro atoms. The molecular formula is C15H18N2O5S. The highest BCUT2D eigenvalue weighted by atomic mass is 32.2. The smallest absolute Gasteiger partial charge is 0.225 e. The first-order valence-electron chi connectivity index (χ1n) is 7.01. The van der Waals surface area contributed by atoms with Gasteiger partial charge in [0.1, 0.15) is 11.5 Å². The summed E-state index contributed by atoms with van der Waals surface area (Å²) in [6.45, 7) is 2.09. The van der Waals surface area contributed by atoms with Crippen LogP contribution in [0.5, 0.6) is 5.75 Å². The minimum Gasteiger partial charge on any atom is -0.494 e. The number of ether oxygens (including phenoxy) is 1. The monoisotopic (exact) mass is 338 g/mol. The van der Waals surface area contributed by atoms with Gasteiger partial charge >= 0.3 is 0 Å². The highest BCUT2D eigenvalue weighted by Gasteiger charge is 2.08. The minimum atomic E-state index is -3.21. The predicted molar refractivity (Wildman–Crippen MR) is 84.2 cm³/mol. The Morgan fingerprint density at radius 1 is 1.30 bits per heavy atom. The van der Waals surface area contributed by atoms with Crippen molar-refractivity contribution in [3.63, 3.8) is 0 Å². The molecule has 0 aliphatic rings. The van der Waals surface area contributed by atoms with E-state index in [2.05, 4.69) is 10.5 Å². The second kappa shape index (κ2) is 7.28. The van der Waals surface area contributed by atoms with Gasteiger partial charge in [-0.25, -0.2) is 8.42 Å². The summed E-state index contributed by atoms with van der Waals surface area (Å²) >= 11 is 0. The van der Waals surface area contributed by atoms with Gasteiger partial charge in [-0.15, -0.1) is 0 Å². The number of anilines is 1. The average molecular weight is 338 g/mol. The summed E-state index contributed by atoms with van der Waals surface area (Å²) in [4.78, 5) is 11.9. The van der Waals surface area contributed by atoms with E-state index < -0.39 is 9.84 Å². The molecule has 0 unspecified atom stereocenters. The van der Waals surface area contributed by atoms with E-state index in [1.165, 1.54) is 12.1 Å². The maximum absolute atomic E-state index is 11.7. The van der Waals surface area contributed by atoms with Gasteiger partial charge in [-0.1, -0.05) is 5.16 Å². The van der Waals surface area contributed by atoms with Gasteiger partial charge in [-0.05, 0) is 37.6 Å². The first-order chi connectivity index (χ1) is 10.8. The number of carbonyl (C=O) groups excluding carboxylic acids is 1. The molecule has 1 aromatic carbocycles. The van der Waals surface area contributed by atoms with Crippen LogP contribution in [0.2, 0.25) is 0 Å². The second-order valence-corrected chi connectivity index (χ2v) is 7.08. The number of rotatable bonds is 7. The summed E-state index contributed by atoms with van der Waals surface area (Å²) in [5, 5.41) is 6.29. The van der Waals surface area contributed by atoms with Crippen LogP contribution in [0.25, 0.3) is 0 Å². The lowest BCUT2D eigenvalue weighted by molar-refractivity contribution is -0.116. The van der Waals surface area contributed by atoms with E-state index in [1.54, 1.807) is 25.1 Å². The Morgan fingerprint density at radius 3 is 2.57 bits per heavy atom. The summed E-state index contributed by atoms with van der Waals surface area (Å²) in [6, 6.07) is 7.80. The molecule has 7 nitrogen and oxygen atoms in total. The zero-order valence-corrected chi connectivity index (χ0v) is 13.7. The largest absolute Gasteiger partial charge is 0.494 e. The summed E-state index contributed by atoms with van der Waals surface area (Å²) in [6.07, 6.45) is 1.96. The molecule has 0 saturated heterocycles. The maximum atomic E-state index is 11.7. The number of nitrogens with zero attached hydrogens (tertiary/aromatic N) is 1. The maximum Gasteiger partial charge on any atom is 0.225 e. The number of aryl methyl sites for hydroxylation is 1. The fraction of sp³-hybridized carbons (Fsp3) is 0.333. The highest BCUT2D eigenvalue weighted by Crippen LogP contribution is 2.16. The lowest BCUT2D eigenvalue weighted by Crippen LogP contribution is -2.13. The Hall–Kier alpha value is -2.35. The molecule has 0 saturated carbocycles. The van der Waals surface area contributed by atoms with Crippen molar-refractivity contribution in [3.8, 4) is 5.75 Å². The van der Waals surface area contributed by atoms with Crippen molar-refractivity contribution in [2.75, 3.05) is 18.2 Å². The van der Waals surface area contributed by atoms with Gasteiger partial charge in [0, 0.05) is 18.7 Å². The highest BCUT2D eigenvalue weighted by molar-refractivity contribution is 7.90. The van der Waals surface area contributed by atoms with Gasteiger partial charge in [-0.2, -0.15) is 0 Å². The molecule has 1 N–H and O–H groups in total. The molecule has 23 heavy (non-hydrogen) atoms.